The average Bonchev–Trinajstić information content (AvgIpc) is 2.62. The number of carbonyl (C=O) groups is 1. The van der Waals surface area contributed by atoms with Gasteiger partial charge >= 0.3 is 0 Å². The average molecular weight is 298 g/mol. The Kier molecular flexibility index (Phi) is 4.49. The summed E-state index contributed by atoms with van der Waals surface area (Å²) in [6.07, 6.45) is 1.96. The largest absolute Gasteiger partial charge is 0.289 e. The van der Waals surface area contributed by atoms with Crippen LogP contribution in [0.15, 0.2) is 84.9 Å². The molecule has 0 fully saturated rings. The fourth-order valence-electron chi connectivity index (χ4n) is 2.47. The summed E-state index contributed by atoms with van der Waals surface area (Å²) in [6.45, 7) is 2.06. The molecule has 0 atom stereocenters. The molecule has 0 N–H and O–H groups in total. The zero-order valence-electron chi connectivity index (χ0n) is 13.1. The van der Waals surface area contributed by atoms with E-state index in [0.717, 1.165) is 11.1 Å². The van der Waals surface area contributed by atoms with Crippen LogP contribution in [0.5, 0.6) is 0 Å². The summed E-state index contributed by atoms with van der Waals surface area (Å²) in [4.78, 5) is 12.9. The molecule has 0 aromatic heterocycles. The number of allylic oxidation sites excluding steroid dienone is 1. The lowest BCUT2D eigenvalue weighted by Crippen LogP contribution is -2.02. The van der Waals surface area contributed by atoms with Crippen molar-refractivity contribution >= 4 is 17.4 Å². The molecule has 3 aromatic rings. The maximum absolute atomic E-state index is 12.9. The van der Waals surface area contributed by atoms with Crippen LogP contribution in [-0.2, 0) is 0 Å². The second-order valence-corrected chi connectivity index (χ2v) is 5.53. The van der Waals surface area contributed by atoms with Gasteiger partial charge in [0.15, 0.2) is 5.78 Å². The normalized spacial score (nSPS) is 11.3. The van der Waals surface area contributed by atoms with Crippen LogP contribution in [0.4, 0.5) is 0 Å². The minimum atomic E-state index is 0.0392. The number of hydrogen-bond donors (Lipinski definition) is 0. The minimum Gasteiger partial charge on any atom is -0.289 e. The Bertz CT molecular complexity index is 813. The first kappa shape index (κ1) is 15.0. The Hall–Kier alpha value is -2.93. The van der Waals surface area contributed by atoms with Gasteiger partial charge in [0.1, 0.15) is 0 Å². The van der Waals surface area contributed by atoms with Crippen molar-refractivity contribution < 1.29 is 4.79 Å². The molecule has 3 aromatic carbocycles. The van der Waals surface area contributed by atoms with E-state index >= 15 is 0 Å². The zero-order chi connectivity index (χ0) is 16.1. The molecule has 112 valence electrons. The third-order valence-corrected chi connectivity index (χ3v) is 3.75. The molecule has 0 aliphatic carbocycles. The van der Waals surface area contributed by atoms with E-state index in [1.807, 2.05) is 78.9 Å². The number of hydrogen-bond acceptors (Lipinski definition) is 1. The first-order valence-electron chi connectivity index (χ1n) is 7.67. The van der Waals surface area contributed by atoms with E-state index in [9.17, 15) is 4.79 Å². The van der Waals surface area contributed by atoms with Crippen molar-refractivity contribution in [3.05, 3.63) is 107 Å². The number of rotatable bonds is 4. The Morgan fingerprint density at radius 3 is 1.78 bits per heavy atom. The molecule has 0 saturated heterocycles. The molecule has 0 aliphatic heterocycles. The lowest BCUT2D eigenvalue weighted by Gasteiger charge is -2.08. The van der Waals surface area contributed by atoms with E-state index in [0.29, 0.717) is 11.1 Å². The Morgan fingerprint density at radius 1 is 0.696 bits per heavy atom. The highest BCUT2D eigenvalue weighted by molar-refractivity contribution is 6.32. The van der Waals surface area contributed by atoms with E-state index in [4.69, 9.17) is 0 Å². The number of ketones is 1. The van der Waals surface area contributed by atoms with E-state index in [2.05, 4.69) is 19.1 Å². The first-order valence-corrected chi connectivity index (χ1v) is 7.67. The molecule has 0 amide bonds. The van der Waals surface area contributed by atoms with E-state index < -0.39 is 0 Å². The fraction of sp³-hybridized carbons (Fsp3) is 0.0455. The quantitative estimate of drug-likeness (QED) is 0.357. The van der Waals surface area contributed by atoms with Crippen LogP contribution in [0.25, 0.3) is 11.6 Å². The molecule has 0 unspecified atom stereocenters. The third kappa shape index (κ3) is 3.64. The number of benzene rings is 3. The molecular weight excluding hydrogens is 280 g/mol. The van der Waals surface area contributed by atoms with Gasteiger partial charge in [-0.15, -0.1) is 0 Å². The maximum atomic E-state index is 12.9. The van der Waals surface area contributed by atoms with Crippen LogP contribution in [0, 0.1) is 6.92 Å². The van der Waals surface area contributed by atoms with Gasteiger partial charge in [-0.2, -0.15) is 0 Å². The summed E-state index contributed by atoms with van der Waals surface area (Å²) < 4.78 is 0. The second-order valence-electron chi connectivity index (χ2n) is 5.53. The maximum Gasteiger partial charge on any atom is 0.193 e. The van der Waals surface area contributed by atoms with E-state index in [1.54, 1.807) is 0 Å². The van der Waals surface area contributed by atoms with E-state index in [1.165, 1.54) is 5.56 Å². The van der Waals surface area contributed by atoms with Gasteiger partial charge in [0, 0.05) is 11.1 Å². The Balaban J connectivity index is 2.07. The van der Waals surface area contributed by atoms with Crippen molar-refractivity contribution in [3.8, 4) is 0 Å². The number of Topliss-reactive ketones (excluding diaryl/α,β-unsaturated/α-hetero) is 1. The molecule has 0 spiro atoms. The van der Waals surface area contributed by atoms with Gasteiger partial charge in [-0.1, -0.05) is 90.5 Å². The SMILES string of the molecule is Cc1ccc(C=C(C(=O)c2ccccc2)c2ccccc2)cc1. The monoisotopic (exact) mass is 298 g/mol. The molecule has 3 rings (SSSR count). The lowest BCUT2D eigenvalue weighted by molar-refractivity contribution is 0.105. The molecule has 23 heavy (non-hydrogen) atoms. The molecular formula is C22H18O. The van der Waals surface area contributed by atoms with Gasteiger partial charge in [0.05, 0.1) is 0 Å². The Labute approximate surface area is 136 Å². The van der Waals surface area contributed by atoms with Gasteiger partial charge < -0.3 is 0 Å². The van der Waals surface area contributed by atoms with Crippen LogP contribution in [0.2, 0.25) is 0 Å². The van der Waals surface area contributed by atoms with Gasteiger partial charge in [0.25, 0.3) is 0 Å². The van der Waals surface area contributed by atoms with Gasteiger partial charge in [-0.3, -0.25) is 4.79 Å². The summed E-state index contributed by atoms with van der Waals surface area (Å²) in [7, 11) is 0. The molecule has 0 saturated carbocycles. The smallest absolute Gasteiger partial charge is 0.193 e. The predicted molar refractivity (Wildman–Crippen MR) is 96.3 cm³/mol. The zero-order valence-corrected chi connectivity index (χ0v) is 13.1. The summed E-state index contributed by atoms with van der Waals surface area (Å²) >= 11 is 0. The molecule has 0 heterocycles. The van der Waals surface area contributed by atoms with E-state index in [-0.39, 0.29) is 5.78 Å². The highest BCUT2D eigenvalue weighted by atomic mass is 16.1. The van der Waals surface area contributed by atoms with Crippen LogP contribution >= 0.6 is 0 Å². The molecule has 0 aliphatic rings. The Morgan fingerprint density at radius 2 is 1.22 bits per heavy atom. The van der Waals surface area contributed by atoms with Crippen LogP contribution in [-0.4, -0.2) is 5.78 Å². The number of carbonyl (C=O) groups excluding carboxylic acids is 1. The molecule has 1 heteroatoms. The summed E-state index contributed by atoms with van der Waals surface area (Å²) in [6, 6.07) is 27.4. The van der Waals surface area contributed by atoms with Crippen molar-refractivity contribution in [2.45, 2.75) is 6.92 Å². The summed E-state index contributed by atoms with van der Waals surface area (Å²) in [5.41, 5.74) is 4.58. The second kappa shape index (κ2) is 6.89. The standard InChI is InChI=1S/C22H18O/c1-17-12-14-18(15-13-17)16-21(19-8-4-2-5-9-19)22(23)20-10-6-3-7-11-20/h2-16H,1H3. The van der Waals surface area contributed by atoms with Crippen molar-refractivity contribution in [2.75, 3.05) is 0 Å². The lowest BCUT2D eigenvalue weighted by atomic mass is 9.94. The van der Waals surface area contributed by atoms with Crippen LogP contribution < -0.4 is 0 Å². The minimum absolute atomic E-state index is 0.0392. The molecule has 0 bridgehead atoms. The first-order chi connectivity index (χ1) is 11.2. The number of aryl methyl sites for hydroxylation is 1. The topological polar surface area (TPSA) is 17.1 Å². The van der Waals surface area contributed by atoms with Crippen molar-refractivity contribution in [2.24, 2.45) is 0 Å². The molecule has 1 nitrogen and oxygen atoms in total. The molecule has 0 radical (unpaired) electrons. The van der Waals surface area contributed by atoms with Gasteiger partial charge in [0.2, 0.25) is 0 Å². The third-order valence-electron chi connectivity index (χ3n) is 3.75. The van der Waals surface area contributed by atoms with Crippen molar-refractivity contribution in [3.63, 3.8) is 0 Å². The van der Waals surface area contributed by atoms with Crippen LogP contribution in [0.1, 0.15) is 27.0 Å². The summed E-state index contributed by atoms with van der Waals surface area (Å²) in [5, 5.41) is 0. The van der Waals surface area contributed by atoms with Crippen molar-refractivity contribution in [1.29, 1.82) is 0 Å². The van der Waals surface area contributed by atoms with Crippen molar-refractivity contribution in [1.82, 2.24) is 0 Å². The highest BCUT2D eigenvalue weighted by Gasteiger charge is 2.14. The van der Waals surface area contributed by atoms with Gasteiger partial charge in [-0.05, 0) is 24.1 Å². The fourth-order valence-corrected chi connectivity index (χ4v) is 2.47. The summed E-state index contributed by atoms with van der Waals surface area (Å²) in [5.74, 6) is 0.0392. The van der Waals surface area contributed by atoms with Gasteiger partial charge in [-0.25, -0.2) is 0 Å². The van der Waals surface area contributed by atoms with Crippen LogP contribution in [0.3, 0.4) is 0 Å². The highest BCUT2D eigenvalue weighted by Crippen LogP contribution is 2.23. The predicted octanol–water partition coefficient (Wildman–Crippen LogP) is 5.42.